The largest absolute Gasteiger partial charge is 0.494 e. The molecule has 1 aliphatic rings. The van der Waals surface area contributed by atoms with Crippen LogP contribution in [-0.4, -0.2) is 7.11 Å². The summed E-state index contributed by atoms with van der Waals surface area (Å²) in [5, 5.41) is 0. The van der Waals surface area contributed by atoms with Crippen LogP contribution in [0.3, 0.4) is 0 Å². The average Bonchev–Trinajstić information content (AvgIpc) is 2.75. The highest BCUT2D eigenvalue weighted by atomic mass is 19.2. The van der Waals surface area contributed by atoms with Crippen LogP contribution in [0.15, 0.2) is 18.2 Å². The molecule has 1 aromatic rings. The lowest BCUT2D eigenvalue weighted by Gasteiger charge is -2.08. The van der Waals surface area contributed by atoms with Gasteiger partial charge in [0, 0.05) is 5.56 Å². The Balaban J connectivity index is 2.45. The van der Waals surface area contributed by atoms with Gasteiger partial charge in [0.15, 0.2) is 11.6 Å². The fourth-order valence-corrected chi connectivity index (χ4v) is 1.85. The number of allylic oxidation sites excluding steroid dienone is 2. The molecule has 1 nitrogen and oxygen atoms in total. The van der Waals surface area contributed by atoms with Crippen molar-refractivity contribution in [3.8, 4) is 5.75 Å². The molecular weight excluding hydrogens is 198 g/mol. The molecule has 0 heterocycles. The molecule has 1 aromatic carbocycles. The first-order valence-corrected chi connectivity index (χ1v) is 4.95. The van der Waals surface area contributed by atoms with Gasteiger partial charge in [-0.25, -0.2) is 4.39 Å². The van der Waals surface area contributed by atoms with Gasteiger partial charge < -0.3 is 4.74 Å². The normalized spacial score (nSPS) is 15.3. The Hall–Kier alpha value is -1.38. The average molecular weight is 210 g/mol. The second-order valence-corrected chi connectivity index (χ2v) is 3.56. The molecule has 0 radical (unpaired) electrons. The van der Waals surface area contributed by atoms with Crippen molar-refractivity contribution in [2.24, 2.45) is 0 Å². The zero-order chi connectivity index (χ0) is 10.8. The molecule has 0 saturated carbocycles. The summed E-state index contributed by atoms with van der Waals surface area (Å²) in [5.74, 6) is -1.75. The highest BCUT2D eigenvalue weighted by Gasteiger charge is 2.17. The monoisotopic (exact) mass is 210 g/mol. The van der Waals surface area contributed by atoms with Gasteiger partial charge in [-0.2, -0.15) is 4.39 Å². The van der Waals surface area contributed by atoms with E-state index in [0.717, 1.165) is 24.8 Å². The fraction of sp³-hybridized carbons (Fsp3) is 0.333. The lowest BCUT2D eigenvalue weighted by molar-refractivity contribution is 0.371. The van der Waals surface area contributed by atoms with Crippen LogP contribution in [-0.2, 0) is 0 Å². The van der Waals surface area contributed by atoms with Gasteiger partial charge in [0.25, 0.3) is 0 Å². The molecule has 0 aliphatic heterocycles. The molecule has 0 saturated heterocycles. The Kier molecular flexibility index (Phi) is 2.71. The molecule has 0 spiro atoms. The van der Waals surface area contributed by atoms with Crippen molar-refractivity contribution in [3.63, 3.8) is 0 Å². The maximum Gasteiger partial charge on any atom is 0.201 e. The first kappa shape index (κ1) is 10.1. The van der Waals surface area contributed by atoms with Crippen LogP contribution in [0.5, 0.6) is 5.75 Å². The lowest BCUT2D eigenvalue weighted by atomic mass is 10.0. The Morgan fingerprint density at radius 1 is 1.20 bits per heavy atom. The minimum Gasteiger partial charge on any atom is -0.494 e. The predicted octanol–water partition coefficient (Wildman–Crippen LogP) is 3.54. The summed E-state index contributed by atoms with van der Waals surface area (Å²) in [7, 11) is 1.33. The summed E-state index contributed by atoms with van der Waals surface area (Å²) in [4.78, 5) is 0. The minimum atomic E-state index is -0.900. The van der Waals surface area contributed by atoms with Gasteiger partial charge in [-0.15, -0.1) is 0 Å². The second kappa shape index (κ2) is 4.01. The third-order valence-electron chi connectivity index (χ3n) is 2.65. The van der Waals surface area contributed by atoms with E-state index in [-0.39, 0.29) is 5.75 Å². The van der Waals surface area contributed by atoms with Gasteiger partial charge >= 0.3 is 0 Å². The molecule has 0 unspecified atom stereocenters. The zero-order valence-electron chi connectivity index (χ0n) is 8.52. The predicted molar refractivity (Wildman–Crippen MR) is 54.7 cm³/mol. The van der Waals surface area contributed by atoms with E-state index >= 15 is 0 Å². The molecule has 0 amide bonds. The Morgan fingerprint density at radius 3 is 2.60 bits per heavy atom. The summed E-state index contributed by atoms with van der Waals surface area (Å²) in [5.41, 5.74) is 1.26. The van der Waals surface area contributed by atoms with E-state index in [9.17, 15) is 8.78 Å². The van der Waals surface area contributed by atoms with Crippen molar-refractivity contribution in [2.45, 2.75) is 19.3 Å². The van der Waals surface area contributed by atoms with Crippen LogP contribution < -0.4 is 4.74 Å². The lowest BCUT2D eigenvalue weighted by Crippen LogP contribution is -1.96. The second-order valence-electron chi connectivity index (χ2n) is 3.56. The van der Waals surface area contributed by atoms with Crippen LogP contribution in [0.4, 0.5) is 8.78 Å². The number of hydrogen-bond acceptors (Lipinski definition) is 1. The van der Waals surface area contributed by atoms with Gasteiger partial charge in [0.1, 0.15) is 0 Å². The molecule has 80 valence electrons. The van der Waals surface area contributed by atoms with Gasteiger partial charge in [-0.3, -0.25) is 0 Å². The topological polar surface area (TPSA) is 9.23 Å². The van der Waals surface area contributed by atoms with Crippen LogP contribution in [0.1, 0.15) is 24.8 Å². The van der Waals surface area contributed by atoms with E-state index < -0.39 is 11.6 Å². The zero-order valence-corrected chi connectivity index (χ0v) is 8.52. The van der Waals surface area contributed by atoms with Crippen molar-refractivity contribution >= 4 is 5.57 Å². The molecule has 0 atom stereocenters. The Labute approximate surface area is 87.4 Å². The molecule has 15 heavy (non-hydrogen) atoms. The smallest absolute Gasteiger partial charge is 0.201 e. The number of ether oxygens (including phenoxy) is 1. The standard InChI is InChI=1S/C12H12F2O/c1-15-10-7-6-9(11(13)12(10)14)8-4-2-3-5-8/h4,6-7H,2-3,5H2,1H3. The maximum absolute atomic E-state index is 13.6. The van der Waals surface area contributed by atoms with E-state index in [0.29, 0.717) is 5.56 Å². The summed E-state index contributed by atoms with van der Waals surface area (Å²) in [6.07, 6.45) is 4.75. The van der Waals surface area contributed by atoms with Gasteiger partial charge in [0.2, 0.25) is 5.82 Å². The van der Waals surface area contributed by atoms with Gasteiger partial charge in [-0.1, -0.05) is 6.08 Å². The van der Waals surface area contributed by atoms with Crippen molar-refractivity contribution < 1.29 is 13.5 Å². The van der Waals surface area contributed by atoms with Gasteiger partial charge in [0.05, 0.1) is 7.11 Å². The molecule has 0 aromatic heterocycles. The molecule has 3 heteroatoms. The SMILES string of the molecule is COc1ccc(C2=CCCC2)c(F)c1F. The van der Waals surface area contributed by atoms with E-state index in [1.54, 1.807) is 6.07 Å². The van der Waals surface area contributed by atoms with Crippen molar-refractivity contribution in [2.75, 3.05) is 7.11 Å². The van der Waals surface area contributed by atoms with Crippen molar-refractivity contribution in [1.82, 2.24) is 0 Å². The molecule has 0 fully saturated rings. The Bertz CT molecular complexity index is 410. The van der Waals surface area contributed by atoms with Crippen molar-refractivity contribution in [3.05, 3.63) is 35.4 Å². The van der Waals surface area contributed by atoms with E-state index in [2.05, 4.69) is 0 Å². The minimum absolute atomic E-state index is 0.0464. The highest BCUT2D eigenvalue weighted by Crippen LogP contribution is 2.32. The molecular formula is C12H12F2O. The third-order valence-corrected chi connectivity index (χ3v) is 2.65. The Morgan fingerprint density at radius 2 is 2.00 bits per heavy atom. The van der Waals surface area contributed by atoms with Gasteiger partial charge in [-0.05, 0) is 37.0 Å². The van der Waals surface area contributed by atoms with Crippen LogP contribution in [0.25, 0.3) is 5.57 Å². The molecule has 0 bridgehead atoms. The van der Waals surface area contributed by atoms with E-state index in [1.165, 1.54) is 13.2 Å². The van der Waals surface area contributed by atoms with Crippen LogP contribution in [0.2, 0.25) is 0 Å². The molecule has 2 rings (SSSR count). The van der Waals surface area contributed by atoms with E-state index in [1.807, 2.05) is 6.08 Å². The fourth-order valence-electron chi connectivity index (χ4n) is 1.85. The van der Waals surface area contributed by atoms with Crippen LogP contribution in [0, 0.1) is 11.6 Å². The highest BCUT2D eigenvalue weighted by molar-refractivity contribution is 5.68. The van der Waals surface area contributed by atoms with E-state index in [4.69, 9.17) is 4.74 Å². The summed E-state index contributed by atoms with van der Waals surface area (Å²) in [6, 6.07) is 3.04. The van der Waals surface area contributed by atoms with Crippen LogP contribution >= 0.6 is 0 Å². The summed E-state index contributed by atoms with van der Waals surface area (Å²) < 4.78 is 31.7. The third kappa shape index (κ3) is 1.74. The number of halogens is 2. The summed E-state index contributed by atoms with van der Waals surface area (Å²) in [6.45, 7) is 0. The number of benzene rings is 1. The summed E-state index contributed by atoms with van der Waals surface area (Å²) >= 11 is 0. The maximum atomic E-state index is 13.6. The first-order chi connectivity index (χ1) is 7.24. The first-order valence-electron chi connectivity index (χ1n) is 4.95. The molecule has 0 N–H and O–H groups in total. The quantitative estimate of drug-likeness (QED) is 0.725. The van der Waals surface area contributed by atoms with Crippen molar-refractivity contribution in [1.29, 1.82) is 0 Å². The number of rotatable bonds is 2. The molecule has 1 aliphatic carbocycles. The number of methoxy groups -OCH3 is 1. The number of hydrogen-bond donors (Lipinski definition) is 0.